The first-order valence-corrected chi connectivity index (χ1v) is 4.44. The van der Waals surface area contributed by atoms with Gasteiger partial charge in [0.15, 0.2) is 11.6 Å². The van der Waals surface area contributed by atoms with Gasteiger partial charge in [-0.25, -0.2) is 4.39 Å². The fourth-order valence-corrected chi connectivity index (χ4v) is 1.24. The lowest BCUT2D eigenvalue weighted by molar-refractivity contribution is -0.140. The van der Waals surface area contributed by atoms with Gasteiger partial charge < -0.3 is 5.73 Å². The molecule has 17 heavy (non-hydrogen) atoms. The molecule has 0 fully saturated rings. The van der Waals surface area contributed by atoms with E-state index >= 15 is 0 Å². The number of hydrogen-bond donors (Lipinski definition) is 1. The van der Waals surface area contributed by atoms with Crippen LogP contribution in [0.4, 0.5) is 23.4 Å². The second-order valence-electron chi connectivity index (χ2n) is 3.17. The van der Waals surface area contributed by atoms with Gasteiger partial charge >= 0.3 is 6.18 Å². The minimum Gasteiger partial charge on any atom is -0.380 e. The van der Waals surface area contributed by atoms with Crippen LogP contribution >= 0.6 is 0 Å². The molecule has 0 saturated heterocycles. The van der Waals surface area contributed by atoms with E-state index in [1.165, 1.54) is 18.2 Å². The van der Waals surface area contributed by atoms with Gasteiger partial charge in [0.25, 0.3) is 0 Å². The highest BCUT2D eigenvalue weighted by Crippen LogP contribution is 2.31. The van der Waals surface area contributed by atoms with E-state index in [1.807, 2.05) is 0 Å². The molecule has 1 aromatic carbocycles. The number of aromatic nitrogens is 3. The first-order valence-electron chi connectivity index (χ1n) is 4.44. The molecule has 2 aromatic rings. The third kappa shape index (κ3) is 2.05. The van der Waals surface area contributed by atoms with Crippen LogP contribution in [0.1, 0.15) is 5.69 Å². The van der Waals surface area contributed by atoms with Crippen LogP contribution in [0.15, 0.2) is 24.3 Å². The summed E-state index contributed by atoms with van der Waals surface area (Å²) in [6, 6.07) is 5.18. The maximum absolute atomic E-state index is 13.3. The van der Waals surface area contributed by atoms with E-state index in [1.54, 1.807) is 0 Å². The molecule has 0 unspecified atom stereocenters. The Bertz CT molecular complexity index is 546. The summed E-state index contributed by atoms with van der Waals surface area (Å²) in [6.45, 7) is 0. The molecular formula is C9H6F4N4. The zero-order chi connectivity index (χ0) is 12.6. The summed E-state index contributed by atoms with van der Waals surface area (Å²) in [5.74, 6) is -1.53. The Labute approximate surface area is 92.7 Å². The van der Waals surface area contributed by atoms with Crippen LogP contribution in [-0.2, 0) is 6.18 Å². The Kier molecular flexibility index (Phi) is 2.49. The standard InChI is InChI=1S/C9H6F4N4/c10-5-3-1-2-4-6(5)17-15-7(8(14)16-17)9(11,12)13/h1-4H,(H2,14,16). The van der Waals surface area contributed by atoms with Crippen molar-refractivity contribution in [3.05, 3.63) is 35.8 Å². The second kappa shape index (κ2) is 3.72. The molecule has 0 spiro atoms. The predicted octanol–water partition coefficient (Wildman–Crippen LogP) is 2.01. The van der Waals surface area contributed by atoms with Gasteiger partial charge in [-0.1, -0.05) is 12.1 Å². The van der Waals surface area contributed by atoms with Crippen molar-refractivity contribution in [2.45, 2.75) is 6.18 Å². The SMILES string of the molecule is Nc1nn(-c2ccccc2F)nc1C(F)(F)F. The molecule has 0 amide bonds. The lowest BCUT2D eigenvalue weighted by Crippen LogP contribution is -2.09. The number of alkyl halides is 3. The highest BCUT2D eigenvalue weighted by molar-refractivity contribution is 5.38. The molecule has 0 aliphatic rings. The van der Waals surface area contributed by atoms with E-state index in [-0.39, 0.29) is 5.69 Å². The molecule has 1 aromatic heterocycles. The van der Waals surface area contributed by atoms with Crippen LogP contribution in [0.2, 0.25) is 0 Å². The average Bonchev–Trinajstić information content (AvgIpc) is 2.60. The van der Waals surface area contributed by atoms with Crippen LogP contribution in [0.3, 0.4) is 0 Å². The topological polar surface area (TPSA) is 56.7 Å². The number of anilines is 1. The van der Waals surface area contributed by atoms with Crippen LogP contribution < -0.4 is 5.73 Å². The number of nitrogens with two attached hydrogens (primary N) is 1. The van der Waals surface area contributed by atoms with Gasteiger partial charge in [0, 0.05) is 0 Å². The van der Waals surface area contributed by atoms with E-state index in [4.69, 9.17) is 5.73 Å². The average molecular weight is 246 g/mol. The summed E-state index contributed by atoms with van der Waals surface area (Å²) in [5, 5.41) is 6.46. The first kappa shape index (κ1) is 11.4. The molecule has 0 aliphatic heterocycles. The van der Waals surface area contributed by atoms with Crippen LogP contribution in [-0.4, -0.2) is 15.0 Å². The maximum Gasteiger partial charge on any atom is 0.438 e. The Morgan fingerprint density at radius 3 is 2.29 bits per heavy atom. The Hall–Kier alpha value is -2.12. The van der Waals surface area contributed by atoms with E-state index in [0.29, 0.717) is 4.80 Å². The van der Waals surface area contributed by atoms with Crippen molar-refractivity contribution in [3.63, 3.8) is 0 Å². The monoisotopic (exact) mass is 246 g/mol. The smallest absolute Gasteiger partial charge is 0.380 e. The molecule has 0 aliphatic carbocycles. The van der Waals surface area contributed by atoms with Gasteiger partial charge in [0.05, 0.1) is 0 Å². The van der Waals surface area contributed by atoms with Gasteiger partial charge in [-0.05, 0) is 12.1 Å². The van der Waals surface area contributed by atoms with E-state index in [9.17, 15) is 17.6 Å². The summed E-state index contributed by atoms with van der Waals surface area (Å²) in [4.78, 5) is 0.521. The molecule has 8 heteroatoms. The third-order valence-corrected chi connectivity index (χ3v) is 1.98. The molecule has 0 bridgehead atoms. The van der Waals surface area contributed by atoms with Crippen molar-refractivity contribution < 1.29 is 17.6 Å². The summed E-state index contributed by atoms with van der Waals surface area (Å²) in [5.41, 5.74) is 3.55. The summed E-state index contributed by atoms with van der Waals surface area (Å²) in [6.07, 6.45) is -4.71. The highest BCUT2D eigenvalue weighted by atomic mass is 19.4. The molecule has 2 N–H and O–H groups in total. The van der Waals surface area contributed by atoms with Gasteiger partial charge in [-0.2, -0.15) is 13.2 Å². The zero-order valence-corrected chi connectivity index (χ0v) is 8.24. The number of halogens is 4. The zero-order valence-electron chi connectivity index (χ0n) is 8.24. The number of nitrogen functional groups attached to an aromatic ring is 1. The summed E-state index contributed by atoms with van der Waals surface area (Å²) < 4.78 is 50.5. The molecule has 4 nitrogen and oxygen atoms in total. The van der Waals surface area contributed by atoms with Crippen molar-refractivity contribution in [3.8, 4) is 5.69 Å². The first-order chi connectivity index (χ1) is 7.89. The normalized spacial score (nSPS) is 11.8. The van der Waals surface area contributed by atoms with Gasteiger partial charge in [0.1, 0.15) is 5.69 Å². The number of benzene rings is 1. The summed E-state index contributed by atoms with van der Waals surface area (Å²) >= 11 is 0. The van der Waals surface area contributed by atoms with Gasteiger partial charge in [0.2, 0.25) is 5.69 Å². The minimum atomic E-state index is -4.71. The molecule has 2 rings (SSSR count). The van der Waals surface area contributed by atoms with E-state index < -0.39 is 23.5 Å². The number of nitrogens with zero attached hydrogens (tertiary/aromatic N) is 3. The Morgan fingerprint density at radius 2 is 1.76 bits per heavy atom. The van der Waals surface area contributed by atoms with Crippen molar-refractivity contribution >= 4 is 5.82 Å². The van der Waals surface area contributed by atoms with Crippen LogP contribution in [0.5, 0.6) is 0 Å². The summed E-state index contributed by atoms with van der Waals surface area (Å²) in [7, 11) is 0. The van der Waals surface area contributed by atoms with Gasteiger partial charge in [-0.15, -0.1) is 15.0 Å². The molecule has 0 saturated carbocycles. The quantitative estimate of drug-likeness (QED) is 0.783. The number of rotatable bonds is 1. The van der Waals surface area contributed by atoms with Crippen LogP contribution in [0, 0.1) is 5.82 Å². The number of para-hydroxylation sites is 1. The fourth-order valence-electron chi connectivity index (χ4n) is 1.24. The third-order valence-electron chi connectivity index (χ3n) is 1.98. The van der Waals surface area contributed by atoms with Crippen molar-refractivity contribution in [2.24, 2.45) is 0 Å². The van der Waals surface area contributed by atoms with E-state index in [2.05, 4.69) is 10.2 Å². The largest absolute Gasteiger partial charge is 0.438 e. The fraction of sp³-hybridized carbons (Fsp3) is 0.111. The molecule has 0 atom stereocenters. The molecule has 1 heterocycles. The van der Waals surface area contributed by atoms with Gasteiger partial charge in [-0.3, -0.25) is 0 Å². The minimum absolute atomic E-state index is 0.199. The van der Waals surface area contributed by atoms with Crippen molar-refractivity contribution in [2.75, 3.05) is 5.73 Å². The van der Waals surface area contributed by atoms with E-state index in [0.717, 1.165) is 6.07 Å². The van der Waals surface area contributed by atoms with Crippen molar-refractivity contribution in [1.29, 1.82) is 0 Å². The Balaban J connectivity index is 2.53. The van der Waals surface area contributed by atoms with Crippen LogP contribution in [0.25, 0.3) is 5.69 Å². The lowest BCUT2D eigenvalue weighted by Gasteiger charge is -2.01. The number of hydrogen-bond acceptors (Lipinski definition) is 3. The molecule has 90 valence electrons. The molecular weight excluding hydrogens is 240 g/mol. The van der Waals surface area contributed by atoms with Crippen molar-refractivity contribution in [1.82, 2.24) is 15.0 Å². The maximum atomic E-state index is 13.3. The lowest BCUT2D eigenvalue weighted by atomic mass is 10.3. The predicted molar refractivity (Wildman–Crippen MR) is 50.7 cm³/mol. The molecule has 0 radical (unpaired) electrons. The Morgan fingerprint density at radius 1 is 1.12 bits per heavy atom. The second-order valence-corrected chi connectivity index (χ2v) is 3.17. The highest BCUT2D eigenvalue weighted by Gasteiger charge is 2.38.